The number of hydrogen-bond donors (Lipinski definition) is 0. The summed E-state index contributed by atoms with van der Waals surface area (Å²) in [6.45, 7) is 0. The number of hydrogen-bond acceptors (Lipinski definition) is 2. The highest BCUT2D eigenvalue weighted by Crippen LogP contribution is 2.65. The monoisotopic (exact) mass is 890 g/mol. The van der Waals surface area contributed by atoms with Crippen LogP contribution in [-0.4, -0.2) is 0 Å². The molecule has 2 nitrogen and oxygen atoms in total. The second kappa shape index (κ2) is 15.8. The first-order valence-electron chi connectivity index (χ1n) is 24.3. The topological polar surface area (TPSA) is 6.48 Å². The van der Waals surface area contributed by atoms with Gasteiger partial charge in [-0.1, -0.05) is 224 Å². The Morgan fingerprint density at radius 2 is 0.743 bits per heavy atom. The largest absolute Gasteiger partial charge is 0.310 e. The lowest BCUT2D eigenvalue weighted by Crippen LogP contribution is -2.36. The second-order valence-electron chi connectivity index (χ2n) is 18.7. The van der Waals surface area contributed by atoms with E-state index in [1.165, 1.54) is 89.3 Å². The predicted molar refractivity (Wildman–Crippen MR) is 289 cm³/mol. The maximum absolute atomic E-state index is 2.53. The van der Waals surface area contributed by atoms with Crippen molar-refractivity contribution in [1.82, 2.24) is 0 Å². The van der Waals surface area contributed by atoms with E-state index < -0.39 is 10.8 Å². The van der Waals surface area contributed by atoms with Gasteiger partial charge < -0.3 is 9.80 Å². The van der Waals surface area contributed by atoms with Gasteiger partial charge in [0.15, 0.2) is 0 Å². The van der Waals surface area contributed by atoms with Crippen molar-refractivity contribution in [2.45, 2.75) is 10.8 Å². The molecule has 0 bridgehead atoms. The van der Waals surface area contributed by atoms with Crippen molar-refractivity contribution in [3.63, 3.8) is 0 Å². The van der Waals surface area contributed by atoms with E-state index >= 15 is 0 Å². The third-order valence-electron chi connectivity index (χ3n) is 15.3. The molecule has 0 aromatic heterocycles. The zero-order valence-electron chi connectivity index (χ0n) is 38.5. The minimum absolute atomic E-state index is 0.553. The summed E-state index contributed by atoms with van der Waals surface area (Å²) in [5.41, 5.74) is 23.3. The number of anilines is 6. The molecule has 0 N–H and O–H groups in total. The molecule has 0 radical (unpaired) electrons. The molecule has 2 aliphatic carbocycles. The van der Waals surface area contributed by atoms with Crippen molar-refractivity contribution in [3.05, 3.63) is 324 Å². The quantitative estimate of drug-likeness (QED) is 0.157. The predicted octanol–water partition coefficient (Wildman–Crippen LogP) is 17.3. The van der Waals surface area contributed by atoms with Crippen molar-refractivity contribution < 1.29 is 0 Å². The van der Waals surface area contributed by atoms with E-state index in [1.807, 2.05) is 0 Å². The van der Waals surface area contributed by atoms with Crippen LogP contribution in [-0.2, 0) is 10.8 Å². The first kappa shape index (κ1) is 40.1. The summed E-state index contributed by atoms with van der Waals surface area (Å²) < 4.78 is 0. The molecular weight excluding hydrogens is 845 g/mol. The highest BCUT2D eigenvalue weighted by atomic mass is 15.2. The lowest BCUT2D eigenvalue weighted by atomic mass is 9.64. The number of fused-ring (bicyclic) bond motifs is 12. The Kier molecular flexibility index (Phi) is 9.06. The Morgan fingerprint density at radius 3 is 1.37 bits per heavy atom. The second-order valence-corrected chi connectivity index (χ2v) is 18.7. The average Bonchev–Trinajstić information content (AvgIpc) is 3.91. The molecule has 14 rings (SSSR count). The molecule has 3 aliphatic rings. The number of benzene rings is 11. The van der Waals surface area contributed by atoms with E-state index in [-0.39, 0.29) is 0 Å². The Hall–Kier alpha value is -8.98. The number of rotatable bonds is 7. The Morgan fingerprint density at radius 1 is 0.286 bits per heavy atom. The maximum atomic E-state index is 2.53. The van der Waals surface area contributed by atoms with Crippen LogP contribution < -0.4 is 9.80 Å². The van der Waals surface area contributed by atoms with Gasteiger partial charge in [0.2, 0.25) is 0 Å². The van der Waals surface area contributed by atoms with Crippen molar-refractivity contribution in [2.75, 3.05) is 9.80 Å². The molecule has 1 aliphatic heterocycles. The molecule has 11 aromatic carbocycles. The molecule has 0 amide bonds. The molecule has 0 fully saturated rings. The average molecular weight is 891 g/mol. The molecule has 0 unspecified atom stereocenters. The molecule has 0 saturated heterocycles. The van der Waals surface area contributed by atoms with Crippen molar-refractivity contribution >= 4 is 34.1 Å². The van der Waals surface area contributed by atoms with Crippen LogP contribution in [0.5, 0.6) is 0 Å². The van der Waals surface area contributed by atoms with Crippen molar-refractivity contribution in [2.24, 2.45) is 0 Å². The van der Waals surface area contributed by atoms with Crippen molar-refractivity contribution in [3.8, 4) is 33.4 Å². The SMILES string of the molecule is c1ccc(-c2ccc(N(c3ccc4c(c3)C(c3ccccc3)(c3ccccc3)c3ccccc3-4)c3cccc4c3-c3ccccc3C43c4ccccc4N(c4ccccc4)c4ccccc43)cc2)cc1. The van der Waals surface area contributed by atoms with E-state index in [4.69, 9.17) is 0 Å². The first-order chi connectivity index (χ1) is 34.8. The van der Waals surface area contributed by atoms with E-state index in [9.17, 15) is 0 Å². The fraction of sp³-hybridized carbons (Fsp3) is 0.0294. The zero-order valence-corrected chi connectivity index (χ0v) is 38.5. The summed E-state index contributed by atoms with van der Waals surface area (Å²) >= 11 is 0. The lowest BCUT2D eigenvalue weighted by molar-refractivity contribution is 0.752. The fourth-order valence-corrected chi connectivity index (χ4v) is 12.6. The molecule has 2 heteroatoms. The van der Waals surface area contributed by atoms with E-state index in [0.29, 0.717) is 0 Å². The Balaban J connectivity index is 1.05. The fourth-order valence-electron chi connectivity index (χ4n) is 12.6. The van der Waals surface area contributed by atoms with Crippen LogP contribution in [0.2, 0.25) is 0 Å². The van der Waals surface area contributed by atoms with Gasteiger partial charge in [0, 0.05) is 22.6 Å². The molecule has 70 heavy (non-hydrogen) atoms. The van der Waals surface area contributed by atoms with Gasteiger partial charge in [-0.25, -0.2) is 0 Å². The normalized spacial score (nSPS) is 13.9. The van der Waals surface area contributed by atoms with Gasteiger partial charge in [0.25, 0.3) is 0 Å². The molecule has 0 atom stereocenters. The molecule has 1 spiro atoms. The standard InChI is InChI=1S/C68H46N2/c1-5-22-47(23-6-1)48-40-42-52(43-41-48)69(53-44-45-55-54-30-13-15-32-57(54)67(62(55)46-53,49-24-7-2-8-25-49)50-26-9-3-10-27-50)65-39-21-36-61-66(65)56-31-14-16-33-58(56)68(61)59-34-17-19-37-63(59)70(51-28-11-4-12-29-51)64-38-20-18-35-60(64)68/h1-46H. The third-order valence-corrected chi connectivity index (χ3v) is 15.3. The molecule has 328 valence electrons. The maximum Gasteiger partial charge on any atom is 0.0755 e. The van der Waals surface area contributed by atoms with Crippen molar-refractivity contribution in [1.29, 1.82) is 0 Å². The van der Waals surface area contributed by atoms with Crippen LogP contribution in [0.3, 0.4) is 0 Å². The van der Waals surface area contributed by atoms with Crippen LogP contribution >= 0.6 is 0 Å². The number of nitrogens with zero attached hydrogens (tertiary/aromatic N) is 2. The Labute approximate surface area is 409 Å². The van der Waals surface area contributed by atoms with Gasteiger partial charge in [-0.15, -0.1) is 0 Å². The first-order valence-corrected chi connectivity index (χ1v) is 24.3. The van der Waals surface area contributed by atoms with Crippen LogP contribution in [0.15, 0.2) is 279 Å². The molecule has 0 saturated carbocycles. The number of para-hydroxylation sites is 3. The van der Waals surface area contributed by atoms with Crippen LogP contribution in [0.25, 0.3) is 33.4 Å². The summed E-state index contributed by atoms with van der Waals surface area (Å²) in [5, 5.41) is 0. The summed E-state index contributed by atoms with van der Waals surface area (Å²) in [6, 6.07) is 104. The lowest BCUT2D eigenvalue weighted by Gasteiger charge is -2.45. The summed E-state index contributed by atoms with van der Waals surface area (Å²) in [5.74, 6) is 0. The molecule has 1 heterocycles. The van der Waals surface area contributed by atoms with Crippen LogP contribution in [0, 0.1) is 0 Å². The van der Waals surface area contributed by atoms with Gasteiger partial charge in [-0.05, 0) is 127 Å². The smallest absolute Gasteiger partial charge is 0.0755 e. The van der Waals surface area contributed by atoms with E-state index in [1.54, 1.807) is 0 Å². The third kappa shape index (κ3) is 5.62. The van der Waals surface area contributed by atoms with E-state index in [0.717, 1.165) is 22.7 Å². The van der Waals surface area contributed by atoms with Gasteiger partial charge >= 0.3 is 0 Å². The van der Waals surface area contributed by atoms with Crippen LogP contribution in [0.1, 0.15) is 44.5 Å². The summed E-state index contributed by atoms with van der Waals surface area (Å²) in [6.07, 6.45) is 0. The zero-order chi connectivity index (χ0) is 46.2. The highest BCUT2D eigenvalue weighted by Gasteiger charge is 2.53. The highest BCUT2D eigenvalue weighted by molar-refractivity contribution is 6.02. The van der Waals surface area contributed by atoms with Crippen LogP contribution in [0.4, 0.5) is 34.1 Å². The molecular formula is C68H46N2. The summed E-state index contributed by atoms with van der Waals surface area (Å²) in [4.78, 5) is 4.99. The molecule has 11 aromatic rings. The Bertz CT molecular complexity index is 3680. The van der Waals surface area contributed by atoms with Gasteiger partial charge in [0.05, 0.1) is 27.9 Å². The van der Waals surface area contributed by atoms with Gasteiger partial charge in [0.1, 0.15) is 0 Å². The minimum Gasteiger partial charge on any atom is -0.310 e. The van der Waals surface area contributed by atoms with E-state index in [2.05, 4.69) is 289 Å². The van der Waals surface area contributed by atoms with Gasteiger partial charge in [-0.3, -0.25) is 0 Å². The minimum atomic E-state index is -0.599. The summed E-state index contributed by atoms with van der Waals surface area (Å²) in [7, 11) is 0. The van der Waals surface area contributed by atoms with Gasteiger partial charge in [-0.2, -0.15) is 0 Å².